The lowest BCUT2D eigenvalue weighted by Crippen LogP contribution is -2.04. The summed E-state index contributed by atoms with van der Waals surface area (Å²) in [6.07, 6.45) is 3.56. The Morgan fingerprint density at radius 3 is 2.82 bits per heavy atom. The van der Waals surface area contributed by atoms with Gasteiger partial charge in [0.2, 0.25) is 12.1 Å². The Labute approximate surface area is 94.1 Å². The topological polar surface area (TPSA) is 116 Å². The van der Waals surface area contributed by atoms with Gasteiger partial charge in [-0.25, -0.2) is 9.48 Å². The molecule has 88 valence electrons. The smallest absolute Gasteiger partial charge is 0.408 e. The third kappa shape index (κ3) is 1.73. The van der Waals surface area contributed by atoms with E-state index in [9.17, 15) is 14.9 Å². The molecule has 9 nitrogen and oxygen atoms in total. The van der Waals surface area contributed by atoms with Gasteiger partial charge < -0.3 is 15.2 Å². The zero-order valence-electron chi connectivity index (χ0n) is 8.64. The lowest BCUT2D eigenvalue weighted by atomic mass is 10.4. The maximum absolute atomic E-state index is 10.7. The van der Waals surface area contributed by atoms with Crippen molar-refractivity contribution in [3.05, 3.63) is 34.4 Å². The van der Waals surface area contributed by atoms with Crippen LogP contribution in [0, 0.1) is 10.1 Å². The molecule has 9 heteroatoms. The third-order valence-corrected chi connectivity index (χ3v) is 2.11. The second kappa shape index (κ2) is 3.70. The average Bonchev–Trinajstić information content (AvgIpc) is 2.82. The summed E-state index contributed by atoms with van der Waals surface area (Å²) >= 11 is 0. The molecule has 0 bridgehead atoms. The largest absolute Gasteiger partial charge is 0.478 e. The molecule has 0 fully saturated rings. The van der Waals surface area contributed by atoms with Gasteiger partial charge in [0.25, 0.3) is 0 Å². The Bertz CT molecular complexity index is 599. The van der Waals surface area contributed by atoms with Crippen LogP contribution in [-0.4, -0.2) is 35.3 Å². The van der Waals surface area contributed by atoms with E-state index in [-0.39, 0.29) is 17.2 Å². The fraction of sp³-hybridized carbons (Fsp3) is 0.125. The highest BCUT2D eigenvalue weighted by molar-refractivity contribution is 5.87. The van der Waals surface area contributed by atoms with Crippen LogP contribution in [-0.2, 0) is 7.05 Å². The summed E-state index contributed by atoms with van der Waals surface area (Å²) in [6.45, 7) is 0. The first-order valence-electron chi connectivity index (χ1n) is 4.44. The normalized spacial score (nSPS) is 10.4. The van der Waals surface area contributed by atoms with E-state index < -0.39 is 10.9 Å². The van der Waals surface area contributed by atoms with Gasteiger partial charge in [-0.15, -0.1) is 0 Å². The standard InChI is InChI=1S/C8H7N5O4/c1-11-4-9-6(13(16)17)7(11)12-3-5(2-10-12)8(14)15/h2-4H,1H3,(H,14,15). The highest BCUT2D eigenvalue weighted by Crippen LogP contribution is 2.19. The van der Waals surface area contributed by atoms with Gasteiger partial charge in [-0.05, 0) is 9.91 Å². The first-order valence-corrected chi connectivity index (χ1v) is 4.44. The first kappa shape index (κ1) is 10.8. The molecule has 0 aliphatic heterocycles. The van der Waals surface area contributed by atoms with Crippen molar-refractivity contribution < 1.29 is 14.8 Å². The molecule has 2 aromatic rings. The van der Waals surface area contributed by atoms with Crippen LogP contribution in [0.5, 0.6) is 0 Å². The molecule has 17 heavy (non-hydrogen) atoms. The second-order valence-electron chi connectivity index (χ2n) is 3.24. The predicted octanol–water partition coefficient (Wildman–Crippen LogP) is 0.212. The molecule has 0 amide bonds. The van der Waals surface area contributed by atoms with Crippen LogP contribution in [0.3, 0.4) is 0 Å². The molecule has 0 saturated carbocycles. The van der Waals surface area contributed by atoms with Crippen molar-refractivity contribution in [2.24, 2.45) is 7.05 Å². The summed E-state index contributed by atoms with van der Waals surface area (Å²) in [5.74, 6) is -1.43. The maximum Gasteiger partial charge on any atom is 0.408 e. The fourth-order valence-electron chi connectivity index (χ4n) is 1.35. The molecule has 0 saturated heterocycles. The van der Waals surface area contributed by atoms with Crippen molar-refractivity contribution in [1.29, 1.82) is 0 Å². The van der Waals surface area contributed by atoms with Crippen LogP contribution < -0.4 is 0 Å². The molecule has 0 spiro atoms. The van der Waals surface area contributed by atoms with Gasteiger partial charge in [-0.3, -0.25) is 4.57 Å². The number of aromatic nitrogens is 4. The van der Waals surface area contributed by atoms with Gasteiger partial charge in [0.1, 0.15) is 0 Å². The molecule has 2 heterocycles. The molecule has 2 rings (SSSR count). The second-order valence-corrected chi connectivity index (χ2v) is 3.24. The molecule has 0 aromatic carbocycles. The minimum absolute atomic E-state index is 0.0551. The number of carboxylic acid groups (broad SMARTS) is 1. The zero-order valence-corrected chi connectivity index (χ0v) is 8.64. The Hall–Kier alpha value is -2.71. The maximum atomic E-state index is 10.7. The number of aromatic carboxylic acids is 1. The highest BCUT2D eigenvalue weighted by Gasteiger charge is 2.23. The van der Waals surface area contributed by atoms with Crippen molar-refractivity contribution in [3.8, 4) is 5.82 Å². The molecule has 1 N–H and O–H groups in total. The molecule has 0 atom stereocenters. The molecular formula is C8H7N5O4. The fourth-order valence-corrected chi connectivity index (χ4v) is 1.35. The minimum atomic E-state index is -1.15. The first-order chi connectivity index (χ1) is 8.00. The summed E-state index contributed by atoms with van der Waals surface area (Å²) in [6, 6.07) is 0. The molecule has 0 aliphatic carbocycles. The summed E-state index contributed by atoms with van der Waals surface area (Å²) in [4.78, 5) is 24.3. The number of rotatable bonds is 3. The van der Waals surface area contributed by atoms with Crippen LogP contribution in [0.15, 0.2) is 18.7 Å². The van der Waals surface area contributed by atoms with Gasteiger partial charge >= 0.3 is 11.8 Å². The lowest BCUT2D eigenvalue weighted by molar-refractivity contribution is -0.389. The van der Waals surface area contributed by atoms with Crippen LogP contribution in [0.2, 0.25) is 0 Å². The Morgan fingerprint density at radius 2 is 2.29 bits per heavy atom. The van der Waals surface area contributed by atoms with E-state index in [1.165, 1.54) is 17.1 Å². The quantitative estimate of drug-likeness (QED) is 0.602. The van der Waals surface area contributed by atoms with Crippen molar-refractivity contribution >= 4 is 11.8 Å². The summed E-state index contributed by atoms with van der Waals surface area (Å²) in [7, 11) is 1.55. The van der Waals surface area contributed by atoms with Gasteiger partial charge in [0, 0.05) is 13.2 Å². The Balaban J connectivity index is 2.55. The monoisotopic (exact) mass is 237 g/mol. The number of carboxylic acids is 1. The molecule has 2 aromatic heterocycles. The van der Waals surface area contributed by atoms with Crippen LogP contribution in [0.4, 0.5) is 5.82 Å². The number of nitrogens with zero attached hydrogens (tertiary/aromatic N) is 5. The molecule has 0 aliphatic rings. The van der Waals surface area contributed by atoms with E-state index in [1.54, 1.807) is 7.05 Å². The number of aryl methyl sites for hydroxylation is 1. The SMILES string of the molecule is Cn1cnc([N+](=O)[O-])c1-n1cc(C(=O)O)cn1. The molecule has 0 unspecified atom stereocenters. The third-order valence-electron chi connectivity index (χ3n) is 2.11. The number of carbonyl (C=O) groups is 1. The molecular weight excluding hydrogens is 230 g/mol. The highest BCUT2D eigenvalue weighted by atomic mass is 16.6. The number of hydrogen-bond acceptors (Lipinski definition) is 5. The summed E-state index contributed by atoms with van der Waals surface area (Å²) in [5.41, 5.74) is -0.0551. The van der Waals surface area contributed by atoms with Crippen molar-refractivity contribution in [2.75, 3.05) is 0 Å². The van der Waals surface area contributed by atoms with E-state index in [0.717, 1.165) is 10.9 Å². The number of hydrogen-bond donors (Lipinski definition) is 1. The van der Waals surface area contributed by atoms with Gasteiger partial charge in [-0.1, -0.05) is 0 Å². The van der Waals surface area contributed by atoms with E-state index in [2.05, 4.69) is 10.1 Å². The Kier molecular flexibility index (Phi) is 2.35. The van der Waals surface area contributed by atoms with Gasteiger partial charge in [-0.2, -0.15) is 5.10 Å². The summed E-state index contributed by atoms with van der Waals surface area (Å²) < 4.78 is 2.49. The van der Waals surface area contributed by atoms with Crippen LogP contribution in [0.25, 0.3) is 5.82 Å². The predicted molar refractivity (Wildman–Crippen MR) is 53.9 cm³/mol. The molecule has 0 radical (unpaired) electrons. The zero-order chi connectivity index (χ0) is 12.6. The van der Waals surface area contributed by atoms with Crippen molar-refractivity contribution in [2.45, 2.75) is 0 Å². The Morgan fingerprint density at radius 1 is 1.59 bits per heavy atom. The van der Waals surface area contributed by atoms with E-state index in [1.807, 2.05) is 0 Å². The average molecular weight is 237 g/mol. The summed E-state index contributed by atoms with van der Waals surface area (Å²) in [5, 5.41) is 23.2. The van der Waals surface area contributed by atoms with E-state index in [0.29, 0.717) is 0 Å². The van der Waals surface area contributed by atoms with Crippen molar-refractivity contribution in [3.63, 3.8) is 0 Å². The minimum Gasteiger partial charge on any atom is -0.478 e. The van der Waals surface area contributed by atoms with Crippen LogP contribution >= 0.6 is 0 Å². The van der Waals surface area contributed by atoms with Crippen LogP contribution in [0.1, 0.15) is 10.4 Å². The number of nitro groups is 1. The number of imidazole rings is 1. The van der Waals surface area contributed by atoms with Gasteiger partial charge in [0.05, 0.1) is 11.8 Å². The lowest BCUT2D eigenvalue weighted by Gasteiger charge is -2.00. The van der Waals surface area contributed by atoms with Crippen molar-refractivity contribution in [1.82, 2.24) is 19.3 Å². The van der Waals surface area contributed by atoms with Gasteiger partial charge in [0.15, 0.2) is 0 Å². The van der Waals surface area contributed by atoms with E-state index >= 15 is 0 Å². The van der Waals surface area contributed by atoms with E-state index in [4.69, 9.17) is 5.11 Å².